The molecule has 2 aromatic rings. The van der Waals surface area contributed by atoms with E-state index in [1.165, 1.54) is 10.4 Å². The molecule has 0 aromatic heterocycles. The highest BCUT2D eigenvalue weighted by Gasteiger charge is 2.14. The van der Waals surface area contributed by atoms with Crippen LogP contribution in [-0.2, 0) is 0 Å². The summed E-state index contributed by atoms with van der Waals surface area (Å²) in [6.07, 6.45) is 0.551. The highest BCUT2D eigenvalue weighted by atomic mass is 28.3. The Morgan fingerprint density at radius 3 is 1.76 bits per heavy atom. The minimum absolute atomic E-state index is 0.551. The fourth-order valence-corrected chi connectivity index (χ4v) is 3.82. The van der Waals surface area contributed by atoms with Gasteiger partial charge in [-0.1, -0.05) is 76.2 Å². The summed E-state index contributed by atoms with van der Waals surface area (Å²) in [5, 5.41) is 6.30. The molecule has 0 spiro atoms. The number of hydrogen-bond donors (Lipinski definition) is 0. The lowest BCUT2D eigenvalue weighted by Gasteiger charge is -2.12. The van der Waals surface area contributed by atoms with E-state index in [0.717, 1.165) is 0 Å². The van der Waals surface area contributed by atoms with Crippen LogP contribution in [0.2, 0.25) is 0 Å². The summed E-state index contributed by atoms with van der Waals surface area (Å²) in [6.45, 7) is 0. The van der Waals surface area contributed by atoms with Crippen LogP contribution in [0.25, 0.3) is 10.4 Å². The van der Waals surface area contributed by atoms with Crippen LogP contribution in [0, 0.1) is 0 Å². The van der Waals surface area contributed by atoms with E-state index < -0.39 is 8.80 Å². The van der Waals surface area contributed by atoms with E-state index >= 15 is 0 Å². The monoisotopic (exact) mass is 238 g/mol. The maximum Gasteiger partial charge on any atom is 0.127 e. The zero-order valence-corrected chi connectivity index (χ0v) is 10.3. The van der Waals surface area contributed by atoms with E-state index in [1.807, 2.05) is 36.4 Å². The summed E-state index contributed by atoms with van der Waals surface area (Å²) >= 11 is 0. The van der Waals surface area contributed by atoms with Crippen molar-refractivity contribution in [3.05, 3.63) is 71.1 Å². The van der Waals surface area contributed by atoms with Gasteiger partial charge in [-0.25, -0.2) is 0 Å². The molecule has 0 unspecified atom stereocenters. The van der Waals surface area contributed by atoms with Crippen LogP contribution in [0.1, 0.15) is 0 Å². The van der Waals surface area contributed by atoms with Crippen molar-refractivity contribution >= 4 is 19.2 Å². The number of rotatable bonds is 4. The Morgan fingerprint density at radius 2 is 1.35 bits per heavy atom. The fourth-order valence-electron chi connectivity index (χ4n) is 1.73. The molecule has 0 bridgehead atoms. The zero-order valence-electron chi connectivity index (χ0n) is 9.32. The number of nitrogens with zero attached hydrogens (tertiary/aromatic N) is 3. The molecule has 0 heterocycles. The van der Waals surface area contributed by atoms with Gasteiger partial charge in [0.05, 0.1) is 0 Å². The number of benzene rings is 2. The largest absolute Gasteiger partial charge is 0.127 e. The van der Waals surface area contributed by atoms with E-state index in [4.69, 9.17) is 5.53 Å². The van der Waals surface area contributed by atoms with Crippen molar-refractivity contribution in [3.8, 4) is 0 Å². The summed E-state index contributed by atoms with van der Waals surface area (Å²) in [7, 11) is -0.983. The fraction of sp³-hybridized carbons (Fsp3) is 0.0769. The molecule has 17 heavy (non-hydrogen) atoms. The van der Waals surface area contributed by atoms with E-state index in [9.17, 15) is 0 Å². The normalized spacial score (nSPS) is 9.94. The Morgan fingerprint density at radius 1 is 0.882 bits per heavy atom. The van der Waals surface area contributed by atoms with Crippen LogP contribution in [0.5, 0.6) is 0 Å². The minimum Gasteiger partial charge on any atom is -0.0964 e. The van der Waals surface area contributed by atoms with Gasteiger partial charge in [-0.15, -0.1) is 0 Å². The third-order valence-corrected chi connectivity index (χ3v) is 5.05. The summed E-state index contributed by atoms with van der Waals surface area (Å²) in [5.74, 6) is 0. The van der Waals surface area contributed by atoms with Crippen LogP contribution < -0.4 is 10.4 Å². The first-order valence-corrected chi connectivity index (χ1v) is 7.10. The Labute approximate surface area is 102 Å². The highest BCUT2D eigenvalue weighted by molar-refractivity contribution is 6.85. The topological polar surface area (TPSA) is 48.8 Å². The first-order valence-electron chi connectivity index (χ1n) is 5.39. The molecule has 3 nitrogen and oxygen atoms in total. The van der Waals surface area contributed by atoms with Gasteiger partial charge in [0.25, 0.3) is 0 Å². The summed E-state index contributed by atoms with van der Waals surface area (Å²) in [6, 6.07) is 20.5. The molecule has 0 N–H and O–H groups in total. The highest BCUT2D eigenvalue weighted by Crippen LogP contribution is 1.94. The summed E-state index contributed by atoms with van der Waals surface area (Å²) < 4.78 is 0. The maximum atomic E-state index is 8.48. The third-order valence-electron chi connectivity index (χ3n) is 2.54. The summed E-state index contributed by atoms with van der Waals surface area (Å²) in [5.41, 5.74) is 8.48. The van der Waals surface area contributed by atoms with Gasteiger partial charge >= 0.3 is 0 Å². The molecule has 0 atom stereocenters. The van der Waals surface area contributed by atoms with Gasteiger partial charge in [-0.2, -0.15) is 0 Å². The molecule has 0 aliphatic heterocycles. The van der Waals surface area contributed by atoms with Gasteiger partial charge in [0.15, 0.2) is 0 Å². The quantitative estimate of drug-likeness (QED) is 0.339. The molecule has 2 aromatic carbocycles. The average Bonchev–Trinajstić information content (AvgIpc) is 2.42. The maximum absolute atomic E-state index is 8.48. The molecule has 0 saturated carbocycles. The van der Waals surface area contributed by atoms with Crippen LogP contribution >= 0.6 is 0 Å². The van der Waals surface area contributed by atoms with Gasteiger partial charge in [-0.05, 0) is 5.53 Å². The molecule has 0 aliphatic rings. The third kappa shape index (κ3) is 2.97. The lowest BCUT2D eigenvalue weighted by atomic mass is 10.4. The van der Waals surface area contributed by atoms with Gasteiger partial charge in [0, 0.05) is 11.1 Å². The van der Waals surface area contributed by atoms with Crippen LogP contribution in [0.3, 0.4) is 0 Å². The molecule has 0 saturated heterocycles. The van der Waals surface area contributed by atoms with Gasteiger partial charge in [0.1, 0.15) is 8.80 Å². The first kappa shape index (κ1) is 11.5. The summed E-state index contributed by atoms with van der Waals surface area (Å²) in [4.78, 5) is 2.88. The molecule has 0 amide bonds. The van der Waals surface area contributed by atoms with Crippen molar-refractivity contribution in [2.75, 3.05) is 6.17 Å². The van der Waals surface area contributed by atoms with Crippen molar-refractivity contribution in [2.45, 2.75) is 0 Å². The minimum atomic E-state index is -0.983. The van der Waals surface area contributed by atoms with Crippen molar-refractivity contribution in [3.63, 3.8) is 0 Å². The Bertz CT molecular complexity index is 467. The Balaban J connectivity index is 2.35. The molecule has 4 heteroatoms. The Hall–Kier alpha value is -2.03. The van der Waals surface area contributed by atoms with Crippen LogP contribution in [0.4, 0.5) is 0 Å². The Kier molecular flexibility index (Phi) is 3.97. The first-order chi connectivity index (χ1) is 8.42. The van der Waals surface area contributed by atoms with E-state index in [2.05, 4.69) is 34.3 Å². The van der Waals surface area contributed by atoms with E-state index in [0.29, 0.717) is 6.17 Å². The molecule has 2 rings (SSSR count). The molecule has 0 aliphatic carbocycles. The lowest BCUT2D eigenvalue weighted by molar-refractivity contribution is 1.30. The predicted molar refractivity (Wildman–Crippen MR) is 71.9 cm³/mol. The van der Waals surface area contributed by atoms with Gasteiger partial charge in [-0.3, -0.25) is 0 Å². The van der Waals surface area contributed by atoms with Crippen molar-refractivity contribution in [1.82, 2.24) is 0 Å². The van der Waals surface area contributed by atoms with Crippen molar-refractivity contribution in [1.29, 1.82) is 0 Å². The smallest absolute Gasteiger partial charge is 0.0964 e. The second-order valence-corrected chi connectivity index (χ2v) is 6.03. The number of azide groups is 1. The van der Waals surface area contributed by atoms with Crippen LogP contribution in [-0.4, -0.2) is 15.0 Å². The van der Waals surface area contributed by atoms with Crippen molar-refractivity contribution in [2.24, 2.45) is 5.11 Å². The molecule has 83 valence electrons. The van der Waals surface area contributed by atoms with E-state index in [1.54, 1.807) is 0 Å². The van der Waals surface area contributed by atoms with Crippen molar-refractivity contribution < 1.29 is 0 Å². The zero-order chi connectivity index (χ0) is 11.9. The van der Waals surface area contributed by atoms with Gasteiger partial charge < -0.3 is 0 Å². The molecule has 0 fully saturated rings. The predicted octanol–water partition coefficient (Wildman–Crippen LogP) is 2.15. The van der Waals surface area contributed by atoms with Gasteiger partial charge in [0.2, 0.25) is 0 Å². The second-order valence-electron chi connectivity index (χ2n) is 3.60. The SMILES string of the molecule is [N-]=[N+]=NC[Si](c1ccccc1)c1ccccc1. The molecular weight excluding hydrogens is 226 g/mol. The average molecular weight is 238 g/mol. The standard InChI is InChI=1S/C13H12N3Si/c14-16-15-11-17(12-7-3-1-4-8-12)13-9-5-2-6-10-13/h1-10H,11H2. The van der Waals surface area contributed by atoms with Crippen LogP contribution in [0.15, 0.2) is 65.8 Å². The molecular formula is C13H12N3Si. The molecule has 1 radical (unpaired) electrons. The number of hydrogen-bond acceptors (Lipinski definition) is 1. The second kappa shape index (κ2) is 5.89. The lowest BCUT2D eigenvalue weighted by Crippen LogP contribution is -2.44. The van der Waals surface area contributed by atoms with E-state index in [-0.39, 0.29) is 0 Å².